The van der Waals surface area contributed by atoms with Gasteiger partial charge >= 0.3 is 0 Å². The molecule has 0 aliphatic rings. The van der Waals surface area contributed by atoms with Gasteiger partial charge in [0.15, 0.2) is 0 Å². The van der Waals surface area contributed by atoms with Gasteiger partial charge in [-0.25, -0.2) is 0 Å². The average Bonchev–Trinajstić information content (AvgIpc) is 2.17. The maximum Gasteiger partial charge on any atom is 0.123 e. The van der Waals surface area contributed by atoms with Gasteiger partial charge in [-0.1, -0.05) is 26.8 Å². The second-order valence-electron chi connectivity index (χ2n) is 3.99. The highest BCUT2D eigenvalue weighted by atomic mass is 16.1. The second-order valence-corrected chi connectivity index (χ2v) is 3.99. The number of rotatable bonds is 7. The fraction of sp³-hybridized carbons (Fsp3) is 0.750. The minimum atomic E-state index is 0.139. The van der Waals surface area contributed by atoms with E-state index in [1.54, 1.807) is 0 Å². The third-order valence-corrected chi connectivity index (χ3v) is 2.76. The average molecular weight is 197 g/mol. The molecule has 0 aliphatic heterocycles. The van der Waals surface area contributed by atoms with Gasteiger partial charge in [0.05, 0.1) is 0 Å². The predicted molar refractivity (Wildman–Crippen MR) is 61.1 cm³/mol. The van der Waals surface area contributed by atoms with Gasteiger partial charge in [-0.05, 0) is 12.8 Å². The number of hydrogen-bond acceptors (Lipinski definition) is 2. The molecule has 2 heteroatoms. The summed E-state index contributed by atoms with van der Waals surface area (Å²) in [4.78, 5) is 13.0. The van der Waals surface area contributed by atoms with Crippen molar-refractivity contribution in [3.05, 3.63) is 12.3 Å². The van der Waals surface area contributed by atoms with Gasteiger partial charge in [0.1, 0.15) is 6.29 Å². The Morgan fingerprint density at radius 1 is 1.43 bits per heavy atom. The van der Waals surface area contributed by atoms with Crippen molar-refractivity contribution in [3.63, 3.8) is 0 Å². The normalized spacial score (nSPS) is 14.6. The molecule has 82 valence electrons. The van der Waals surface area contributed by atoms with E-state index in [2.05, 4.69) is 20.4 Å². The lowest BCUT2D eigenvalue weighted by Gasteiger charge is -2.28. The van der Waals surface area contributed by atoms with E-state index in [9.17, 15) is 4.79 Å². The van der Waals surface area contributed by atoms with Crippen molar-refractivity contribution in [2.45, 2.75) is 33.1 Å². The fourth-order valence-corrected chi connectivity index (χ4v) is 1.81. The molecule has 2 unspecified atom stereocenters. The number of aldehydes is 1. The molecule has 2 nitrogen and oxygen atoms in total. The Morgan fingerprint density at radius 2 is 2.00 bits per heavy atom. The molecule has 0 aliphatic carbocycles. The minimum Gasteiger partial charge on any atom is -0.381 e. The van der Waals surface area contributed by atoms with Crippen LogP contribution in [0.3, 0.4) is 0 Å². The first-order chi connectivity index (χ1) is 6.58. The molecule has 14 heavy (non-hydrogen) atoms. The minimum absolute atomic E-state index is 0.139. The van der Waals surface area contributed by atoms with E-state index in [4.69, 9.17) is 0 Å². The zero-order chi connectivity index (χ0) is 11.1. The number of carbonyl (C=O) groups is 1. The molecule has 0 heterocycles. The van der Waals surface area contributed by atoms with E-state index < -0.39 is 0 Å². The molecule has 0 N–H and O–H groups in total. The van der Waals surface area contributed by atoms with Gasteiger partial charge in [-0.2, -0.15) is 0 Å². The van der Waals surface area contributed by atoms with Crippen LogP contribution >= 0.6 is 0 Å². The quantitative estimate of drug-likeness (QED) is 0.585. The standard InChI is InChI=1S/C12H23NO/c1-6-8-11(9-14)12(7-2)10(3)13(4)5/h9,11-12H,3,6-8H2,1-2,4-5H3. The topological polar surface area (TPSA) is 20.3 Å². The van der Waals surface area contributed by atoms with Crippen molar-refractivity contribution >= 4 is 6.29 Å². The van der Waals surface area contributed by atoms with Gasteiger partial charge in [0, 0.05) is 31.6 Å². The van der Waals surface area contributed by atoms with Crippen molar-refractivity contribution in [1.29, 1.82) is 0 Å². The Labute approximate surface area is 88.0 Å². The number of nitrogens with zero attached hydrogens (tertiary/aromatic N) is 1. The number of hydrogen-bond donors (Lipinski definition) is 0. The summed E-state index contributed by atoms with van der Waals surface area (Å²) in [5, 5.41) is 0. The van der Waals surface area contributed by atoms with Crippen LogP contribution in [-0.2, 0) is 4.79 Å². The second kappa shape index (κ2) is 6.63. The molecule has 0 radical (unpaired) electrons. The zero-order valence-corrected chi connectivity index (χ0v) is 9.92. The third kappa shape index (κ3) is 3.52. The first kappa shape index (κ1) is 13.2. The van der Waals surface area contributed by atoms with Crippen LogP contribution in [0.2, 0.25) is 0 Å². The van der Waals surface area contributed by atoms with Gasteiger partial charge in [-0.15, -0.1) is 0 Å². The molecule has 0 amide bonds. The lowest BCUT2D eigenvalue weighted by molar-refractivity contribution is -0.112. The maximum atomic E-state index is 11.0. The molecular weight excluding hydrogens is 174 g/mol. The van der Waals surface area contributed by atoms with Crippen LogP contribution in [0.25, 0.3) is 0 Å². The van der Waals surface area contributed by atoms with Crippen LogP contribution < -0.4 is 0 Å². The molecule has 0 bridgehead atoms. The van der Waals surface area contributed by atoms with Gasteiger partial charge in [0.2, 0.25) is 0 Å². The van der Waals surface area contributed by atoms with Crippen molar-refractivity contribution in [2.75, 3.05) is 14.1 Å². The molecule has 0 aromatic rings. The van der Waals surface area contributed by atoms with Crippen molar-refractivity contribution in [1.82, 2.24) is 4.90 Å². The van der Waals surface area contributed by atoms with E-state index in [1.807, 2.05) is 19.0 Å². The van der Waals surface area contributed by atoms with Gasteiger partial charge in [-0.3, -0.25) is 0 Å². The number of allylic oxidation sites excluding steroid dienone is 1. The van der Waals surface area contributed by atoms with E-state index in [1.165, 1.54) is 0 Å². The first-order valence-corrected chi connectivity index (χ1v) is 5.39. The summed E-state index contributed by atoms with van der Waals surface area (Å²) >= 11 is 0. The van der Waals surface area contributed by atoms with E-state index >= 15 is 0 Å². The highest BCUT2D eigenvalue weighted by Crippen LogP contribution is 2.26. The highest BCUT2D eigenvalue weighted by molar-refractivity contribution is 5.54. The van der Waals surface area contributed by atoms with Crippen LogP contribution in [-0.4, -0.2) is 25.3 Å². The predicted octanol–water partition coefficient (Wildman–Crippen LogP) is 2.70. The summed E-state index contributed by atoms with van der Waals surface area (Å²) < 4.78 is 0. The molecule has 2 atom stereocenters. The van der Waals surface area contributed by atoms with Crippen LogP contribution in [0.1, 0.15) is 33.1 Å². The zero-order valence-electron chi connectivity index (χ0n) is 9.92. The molecular formula is C12H23NO. The number of carbonyl (C=O) groups excluding carboxylic acids is 1. The Balaban J connectivity index is 4.50. The largest absolute Gasteiger partial charge is 0.381 e. The molecule has 0 fully saturated rings. The third-order valence-electron chi connectivity index (χ3n) is 2.76. The Morgan fingerprint density at radius 3 is 2.29 bits per heavy atom. The van der Waals surface area contributed by atoms with Crippen LogP contribution in [0.5, 0.6) is 0 Å². The molecule has 0 aromatic heterocycles. The summed E-state index contributed by atoms with van der Waals surface area (Å²) in [7, 11) is 3.97. The summed E-state index contributed by atoms with van der Waals surface area (Å²) in [6, 6.07) is 0. The van der Waals surface area contributed by atoms with Crippen molar-refractivity contribution in [2.24, 2.45) is 11.8 Å². The summed E-state index contributed by atoms with van der Waals surface area (Å²) in [6.45, 7) is 8.27. The lowest BCUT2D eigenvalue weighted by Crippen LogP contribution is -2.25. The van der Waals surface area contributed by atoms with Gasteiger partial charge in [0.25, 0.3) is 0 Å². The first-order valence-electron chi connectivity index (χ1n) is 5.39. The lowest BCUT2D eigenvalue weighted by atomic mass is 9.85. The molecule has 0 saturated carbocycles. The van der Waals surface area contributed by atoms with E-state index in [0.29, 0.717) is 5.92 Å². The summed E-state index contributed by atoms with van der Waals surface area (Å²) in [5.41, 5.74) is 1.07. The van der Waals surface area contributed by atoms with Crippen molar-refractivity contribution in [3.8, 4) is 0 Å². The van der Waals surface area contributed by atoms with Gasteiger partial charge < -0.3 is 9.69 Å². The van der Waals surface area contributed by atoms with Crippen LogP contribution in [0.15, 0.2) is 12.3 Å². The summed E-state index contributed by atoms with van der Waals surface area (Å²) in [6.07, 6.45) is 4.10. The smallest absolute Gasteiger partial charge is 0.123 e. The summed E-state index contributed by atoms with van der Waals surface area (Å²) in [5.74, 6) is 0.447. The fourth-order valence-electron chi connectivity index (χ4n) is 1.81. The Hall–Kier alpha value is -0.790. The monoisotopic (exact) mass is 197 g/mol. The van der Waals surface area contributed by atoms with E-state index in [0.717, 1.165) is 31.2 Å². The maximum absolute atomic E-state index is 11.0. The Kier molecular flexibility index (Phi) is 6.26. The Bertz CT molecular complexity index is 187. The molecule has 0 saturated heterocycles. The molecule has 0 aromatic carbocycles. The van der Waals surface area contributed by atoms with E-state index in [-0.39, 0.29) is 5.92 Å². The highest BCUT2D eigenvalue weighted by Gasteiger charge is 2.22. The molecule has 0 rings (SSSR count). The van der Waals surface area contributed by atoms with Crippen LogP contribution in [0.4, 0.5) is 0 Å². The van der Waals surface area contributed by atoms with Crippen molar-refractivity contribution < 1.29 is 4.79 Å². The van der Waals surface area contributed by atoms with Crippen LogP contribution in [0, 0.1) is 11.8 Å². The SMILES string of the molecule is C=C(C(CC)C(C=O)CCC)N(C)C. The molecule has 0 spiro atoms.